The number of fused-ring (bicyclic) bond motifs is 1. The maximum absolute atomic E-state index is 13.4. The zero-order valence-corrected chi connectivity index (χ0v) is 9.84. The maximum Gasteiger partial charge on any atom is 0.499 e. The van der Waals surface area contributed by atoms with Crippen LogP contribution in [-0.4, -0.2) is 17.2 Å². The first-order chi connectivity index (χ1) is 6.58. The van der Waals surface area contributed by atoms with Gasteiger partial charge in [-0.1, -0.05) is 0 Å². The number of benzene rings is 1. The first-order valence-electron chi connectivity index (χ1n) is 3.82. The summed E-state index contributed by atoms with van der Waals surface area (Å²) in [5.41, 5.74) is 0. The fourth-order valence-corrected chi connectivity index (χ4v) is 3.00. The lowest BCUT2D eigenvalue weighted by atomic mass is 9.89. The van der Waals surface area contributed by atoms with Gasteiger partial charge >= 0.3 is 7.12 Å². The SMILES string of the molecule is OB(O)c1cc2c(F)cc(I)cc2s1. The summed E-state index contributed by atoms with van der Waals surface area (Å²) in [6.07, 6.45) is 0. The van der Waals surface area contributed by atoms with E-state index in [0.29, 0.717) is 10.2 Å². The molecule has 14 heavy (non-hydrogen) atoms. The van der Waals surface area contributed by atoms with Gasteiger partial charge in [-0.15, -0.1) is 11.3 Å². The van der Waals surface area contributed by atoms with Gasteiger partial charge in [0.05, 0.1) is 0 Å². The van der Waals surface area contributed by atoms with Crippen LogP contribution in [-0.2, 0) is 0 Å². The molecule has 0 bridgehead atoms. The average Bonchev–Trinajstić information content (AvgIpc) is 2.47. The van der Waals surface area contributed by atoms with Crippen molar-refractivity contribution in [2.45, 2.75) is 0 Å². The van der Waals surface area contributed by atoms with Crippen molar-refractivity contribution < 1.29 is 14.4 Å². The number of hydrogen-bond donors (Lipinski definition) is 2. The molecule has 0 aliphatic rings. The Morgan fingerprint density at radius 2 is 2.00 bits per heavy atom. The molecule has 72 valence electrons. The van der Waals surface area contributed by atoms with Crippen molar-refractivity contribution in [3.63, 3.8) is 0 Å². The van der Waals surface area contributed by atoms with Crippen LogP contribution in [0.25, 0.3) is 10.1 Å². The first-order valence-corrected chi connectivity index (χ1v) is 5.72. The minimum absolute atomic E-state index is 0.324. The van der Waals surface area contributed by atoms with E-state index in [2.05, 4.69) is 0 Å². The molecule has 0 radical (unpaired) electrons. The summed E-state index contributed by atoms with van der Waals surface area (Å²) >= 11 is 3.21. The van der Waals surface area contributed by atoms with E-state index in [1.54, 1.807) is 0 Å². The van der Waals surface area contributed by atoms with E-state index in [1.165, 1.54) is 23.5 Å². The molecule has 0 atom stereocenters. The Bertz CT molecular complexity index is 485. The molecule has 1 aromatic carbocycles. The number of rotatable bonds is 1. The third-order valence-electron chi connectivity index (χ3n) is 1.83. The molecular weight excluding hydrogens is 317 g/mol. The smallest absolute Gasteiger partial charge is 0.423 e. The third kappa shape index (κ3) is 1.79. The average molecular weight is 322 g/mol. The molecule has 0 aliphatic carbocycles. The van der Waals surface area contributed by atoms with Gasteiger partial charge < -0.3 is 10.0 Å². The zero-order chi connectivity index (χ0) is 10.3. The Labute approximate surface area is 97.7 Å². The zero-order valence-electron chi connectivity index (χ0n) is 6.87. The van der Waals surface area contributed by atoms with Crippen molar-refractivity contribution >= 4 is 55.9 Å². The fourth-order valence-electron chi connectivity index (χ4n) is 1.21. The first kappa shape index (κ1) is 10.3. The molecule has 0 saturated heterocycles. The topological polar surface area (TPSA) is 40.5 Å². The molecule has 1 aromatic heterocycles. The van der Waals surface area contributed by atoms with Crippen LogP contribution in [0.3, 0.4) is 0 Å². The van der Waals surface area contributed by atoms with E-state index in [9.17, 15) is 4.39 Å². The van der Waals surface area contributed by atoms with Crippen LogP contribution in [0.2, 0.25) is 0 Å². The highest BCUT2D eigenvalue weighted by Gasteiger charge is 2.16. The van der Waals surface area contributed by atoms with Gasteiger partial charge in [-0.05, 0) is 40.8 Å². The van der Waals surface area contributed by atoms with E-state index >= 15 is 0 Å². The molecule has 2 N–H and O–H groups in total. The van der Waals surface area contributed by atoms with Crippen LogP contribution in [0.5, 0.6) is 0 Å². The van der Waals surface area contributed by atoms with Crippen LogP contribution >= 0.6 is 33.9 Å². The lowest BCUT2D eigenvalue weighted by Crippen LogP contribution is -2.26. The van der Waals surface area contributed by atoms with Gasteiger partial charge in [0.15, 0.2) is 0 Å². The van der Waals surface area contributed by atoms with Crippen molar-refractivity contribution in [3.8, 4) is 0 Å². The Morgan fingerprint density at radius 1 is 1.29 bits per heavy atom. The van der Waals surface area contributed by atoms with Crippen molar-refractivity contribution in [3.05, 3.63) is 27.6 Å². The summed E-state index contributed by atoms with van der Waals surface area (Å²) in [5, 5.41) is 18.3. The quantitative estimate of drug-likeness (QED) is 0.614. The molecule has 0 fully saturated rings. The second kappa shape index (κ2) is 3.76. The fraction of sp³-hybridized carbons (Fsp3) is 0. The van der Waals surface area contributed by atoms with Crippen LogP contribution in [0.15, 0.2) is 18.2 Å². The highest BCUT2D eigenvalue weighted by Crippen LogP contribution is 2.24. The maximum atomic E-state index is 13.4. The van der Waals surface area contributed by atoms with Crippen LogP contribution < -0.4 is 4.78 Å². The van der Waals surface area contributed by atoms with Crippen molar-refractivity contribution in [1.82, 2.24) is 0 Å². The Morgan fingerprint density at radius 3 is 2.64 bits per heavy atom. The predicted molar refractivity (Wildman–Crippen MR) is 64.3 cm³/mol. The molecule has 0 saturated carbocycles. The van der Waals surface area contributed by atoms with Crippen LogP contribution in [0.1, 0.15) is 0 Å². The molecule has 6 heteroatoms. The van der Waals surface area contributed by atoms with Gasteiger partial charge in [-0.3, -0.25) is 0 Å². The molecule has 0 spiro atoms. The standard InChI is InChI=1S/C8H5BFIO2S/c10-6-1-4(11)2-7-5(6)3-8(14-7)9(12)13/h1-3,12-13H. The Balaban J connectivity index is 2.70. The summed E-state index contributed by atoms with van der Waals surface area (Å²) in [6, 6.07) is 4.70. The molecule has 0 aliphatic heterocycles. The van der Waals surface area contributed by atoms with Crippen molar-refractivity contribution in [1.29, 1.82) is 0 Å². The number of thiophene rings is 1. The summed E-state index contributed by atoms with van der Waals surface area (Å²) in [5.74, 6) is -0.324. The minimum atomic E-state index is -1.52. The monoisotopic (exact) mass is 322 g/mol. The van der Waals surface area contributed by atoms with E-state index < -0.39 is 7.12 Å². The van der Waals surface area contributed by atoms with E-state index in [-0.39, 0.29) is 5.82 Å². The lowest BCUT2D eigenvalue weighted by molar-refractivity contribution is 0.427. The second-order valence-corrected chi connectivity index (χ2v) is 5.18. The van der Waals surface area contributed by atoms with Crippen molar-refractivity contribution in [2.75, 3.05) is 0 Å². The van der Waals surface area contributed by atoms with Crippen molar-refractivity contribution in [2.24, 2.45) is 0 Å². The van der Waals surface area contributed by atoms with Gasteiger partial charge in [0.1, 0.15) is 5.82 Å². The van der Waals surface area contributed by atoms with Crippen LogP contribution in [0, 0.1) is 9.39 Å². The molecule has 2 aromatic rings. The normalized spacial score (nSPS) is 10.9. The number of halogens is 2. The predicted octanol–water partition coefficient (Wildman–Crippen LogP) is 1.32. The van der Waals surface area contributed by atoms with Gasteiger partial charge in [-0.2, -0.15) is 0 Å². The summed E-state index contributed by atoms with van der Waals surface area (Å²) in [4.78, 5) is 0. The summed E-state index contributed by atoms with van der Waals surface area (Å²) in [7, 11) is -1.52. The molecule has 0 amide bonds. The van der Waals surface area contributed by atoms with E-state index in [4.69, 9.17) is 10.0 Å². The highest BCUT2D eigenvalue weighted by molar-refractivity contribution is 14.1. The molecule has 2 nitrogen and oxygen atoms in total. The molecule has 0 unspecified atom stereocenters. The van der Waals surface area contributed by atoms with Gasteiger partial charge in [0.2, 0.25) is 0 Å². The molecular formula is C8H5BFIO2S. The van der Waals surface area contributed by atoms with E-state index in [1.807, 2.05) is 28.7 Å². The largest absolute Gasteiger partial charge is 0.499 e. The molecule has 1 heterocycles. The Hall–Kier alpha value is -0.175. The highest BCUT2D eigenvalue weighted by atomic mass is 127. The van der Waals surface area contributed by atoms with E-state index in [0.717, 1.165) is 8.27 Å². The second-order valence-electron chi connectivity index (χ2n) is 2.82. The minimum Gasteiger partial charge on any atom is -0.423 e. The van der Waals surface area contributed by atoms with Crippen LogP contribution in [0.4, 0.5) is 4.39 Å². The Kier molecular flexibility index (Phi) is 2.78. The third-order valence-corrected chi connectivity index (χ3v) is 3.57. The lowest BCUT2D eigenvalue weighted by Gasteiger charge is -1.92. The molecule has 2 rings (SSSR count). The summed E-state index contributed by atoms with van der Waals surface area (Å²) in [6.45, 7) is 0. The summed E-state index contributed by atoms with van der Waals surface area (Å²) < 4.78 is 15.3. The van der Waals surface area contributed by atoms with Gasteiger partial charge in [0, 0.05) is 18.4 Å². The van der Waals surface area contributed by atoms with Gasteiger partial charge in [0.25, 0.3) is 0 Å². The van der Waals surface area contributed by atoms with Gasteiger partial charge in [-0.25, -0.2) is 4.39 Å². The number of hydrogen-bond acceptors (Lipinski definition) is 3.